The Hall–Kier alpha value is -0.710. The van der Waals surface area contributed by atoms with Crippen LogP contribution in [0.1, 0.15) is 50.6 Å². The molecule has 0 radical (unpaired) electrons. The lowest BCUT2D eigenvalue weighted by molar-refractivity contribution is -0.0838. The molecule has 21 heavy (non-hydrogen) atoms. The molecular weight excluding hydrogens is 296 g/mol. The van der Waals surface area contributed by atoms with E-state index in [1.807, 2.05) is 0 Å². The predicted octanol–water partition coefficient (Wildman–Crippen LogP) is 4.62. The van der Waals surface area contributed by atoms with Crippen molar-refractivity contribution in [2.45, 2.75) is 50.7 Å². The first-order chi connectivity index (χ1) is 10.0. The Kier molecular flexibility index (Phi) is 5.58. The molecule has 0 spiro atoms. The van der Waals surface area contributed by atoms with Crippen molar-refractivity contribution in [1.82, 2.24) is 5.32 Å². The van der Waals surface area contributed by atoms with Crippen molar-refractivity contribution in [3.05, 3.63) is 34.4 Å². The fraction of sp³-hybridized carbons (Fsp3) is 0.625. The normalized spacial score (nSPS) is 18.3. The molecule has 1 saturated carbocycles. The third kappa shape index (κ3) is 3.74. The molecule has 0 amide bonds. The van der Waals surface area contributed by atoms with Gasteiger partial charge in [-0.1, -0.05) is 18.5 Å². The summed E-state index contributed by atoms with van der Waals surface area (Å²) in [6, 6.07) is 2.12. The van der Waals surface area contributed by atoms with Gasteiger partial charge in [-0.25, -0.2) is 8.78 Å². The minimum atomic E-state index is -0.914. The number of rotatable bonds is 7. The van der Waals surface area contributed by atoms with E-state index in [2.05, 4.69) is 12.2 Å². The van der Waals surface area contributed by atoms with Crippen molar-refractivity contribution in [2.75, 3.05) is 13.7 Å². The van der Waals surface area contributed by atoms with E-state index >= 15 is 0 Å². The molecule has 118 valence electrons. The maximum absolute atomic E-state index is 13.6. The van der Waals surface area contributed by atoms with Crippen LogP contribution in [0.3, 0.4) is 0 Å². The zero-order valence-corrected chi connectivity index (χ0v) is 13.3. The van der Waals surface area contributed by atoms with Gasteiger partial charge in [0.2, 0.25) is 0 Å². The Morgan fingerprint density at radius 3 is 2.52 bits per heavy atom. The molecule has 0 saturated heterocycles. The summed E-state index contributed by atoms with van der Waals surface area (Å²) in [6.07, 6.45) is 4.80. The van der Waals surface area contributed by atoms with Crippen LogP contribution in [0.4, 0.5) is 8.78 Å². The van der Waals surface area contributed by atoms with E-state index in [0.29, 0.717) is 12.0 Å². The first-order valence-electron chi connectivity index (χ1n) is 7.44. The maximum atomic E-state index is 13.6. The highest BCUT2D eigenvalue weighted by molar-refractivity contribution is 6.31. The van der Waals surface area contributed by atoms with E-state index in [-0.39, 0.29) is 16.7 Å². The zero-order valence-electron chi connectivity index (χ0n) is 12.5. The summed E-state index contributed by atoms with van der Waals surface area (Å²) >= 11 is 6.12. The van der Waals surface area contributed by atoms with Crippen molar-refractivity contribution in [1.29, 1.82) is 0 Å². The molecule has 1 aromatic rings. The van der Waals surface area contributed by atoms with Crippen LogP contribution in [-0.4, -0.2) is 19.3 Å². The molecule has 1 aliphatic rings. The number of nitrogens with one attached hydrogen (secondary N) is 1. The van der Waals surface area contributed by atoms with Crippen LogP contribution < -0.4 is 5.32 Å². The summed E-state index contributed by atoms with van der Waals surface area (Å²) in [7, 11) is 1.71. The van der Waals surface area contributed by atoms with Crippen LogP contribution in [-0.2, 0) is 4.74 Å². The largest absolute Gasteiger partial charge is 0.378 e. The Morgan fingerprint density at radius 2 is 2.00 bits per heavy atom. The molecule has 1 N–H and O–H groups in total. The second-order valence-corrected chi connectivity index (χ2v) is 6.15. The number of halogens is 3. The van der Waals surface area contributed by atoms with E-state index < -0.39 is 11.6 Å². The monoisotopic (exact) mass is 317 g/mol. The first-order valence-corrected chi connectivity index (χ1v) is 7.82. The summed E-state index contributed by atoms with van der Waals surface area (Å²) < 4.78 is 32.5. The fourth-order valence-electron chi connectivity index (χ4n) is 2.85. The maximum Gasteiger partial charge on any atom is 0.160 e. The molecule has 0 aromatic heterocycles. The minimum Gasteiger partial charge on any atom is -0.378 e. The lowest BCUT2D eigenvalue weighted by atomic mass is 9.74. The van der Waals surface area contributed by atoms with Gasteiger partial charge in [0.05, 0.1) is 5.60 Å². The molecule has 0 bridgehead atoms. The SMILES string of the molecule is CCCNC(CC1(OC)CCC1)c1cc(F)c(F)cc1Cl. The average Bonchev–Trinajstić information content (AvgIpc) is 2.42. The first kappa shape index (κ1) is 16.7. The second-order valence-electron chi connectivity index (χ2n) is 5.74. The van der Waals surface area contributed by atoms with E-state index in [0.717, 1.165) is 38.3 Å². The summed E-state index contributed by atoms with van der Waals surface area (Å²) in [5, 5.41) is 3.64. The lowest BCUT2D eigenvalue weighted by Crippen LogP contribution is -2.43. The highest BCUT2D eigenvalue weighted by Gasteiger charge is 2.39. The van der Waals surface area contributed by atoms with Crippen LogP contribution in [0, 0.1) is 11.6 Å². The van der Waals surface area contributed by atoms with Gasteiger partial charge < -0.3 is 10.1 Å². The van der Waals surface area contributed by atoms with Gasteiger partial charge in [0.25, 0.3) is 0 Å². The molecular formula is C16H22ClF2NO. The van der Waals surface area contributed by atoms with Crippen molar-refractivity contribution in [3.63, 3.8) is 0 Å². The Balaban J connectivity index is 2.25. The highest BCUT2D eigenvalue weighted by atomic mass is 35.5. The number of benzene rings is 1. The van der Waals surface area contributed by atoms with E-state index in [4.69, 9.17) is 16.3 Å². The van der Waals surface area contributed by atoms with Crippen LogP contribution in [0.5, 0.6) is 0 Å². The summed E-state index contributed by atoms with van der Waals surface area (Å²) in [4.78, 5) is 0. The number of methoxy groups -OCH3 is 1. The Labute approximate surface area is 129 Å². The molecule has 0 heterocycles. The third-order valence-corrected chi connectivity index (χ3v) is 4.66. The Morgan fingerprint density at radius 1 is 1.33 bits per heavy atom. The van der Waals surface area contributed by atoms with E-state index in [1.54, 1.807) is 7.11 Å². The second kappa shape index (κ2) is 7.03. The van der Waals surface area contributed by atoms with Crippen molar-refractivity contribution < 1.29 is 13.5 Å². The van der Waals surface area contributed by atoms with E-state index in [1.165, 1.54) is 6.07 Å². The zero-order chi connectivity index (χ0) is 15.5. The third-order valence-electron chi connectivity index (χ3n) is 4.33. The molecule has 1 atom stereocenters. The van der Waals surface area contributed by atoms with Gasteiger partial charge in [-0.05, 0) is 56.3 Å². The highest BCUT2D eigenvalue weighted by Crippen LogP contribution is 2.43. The summed E-state index contributed by atoms with van der Waals surface area (Å²) in [5.41, 5.74) is 0.437. The van der Waals surface area contributed by atoms with Gasteiger partial charge in [0.15, 0.2) is 11.6 Å². The quantitative estimate of drug-likeness (QED) is 0.741. The van der Waals surface area contributed by atoms with E-state index in [9.17, 15) is 8.78 Å². The molecule has 2 nitrogen and oxygen atoms in total. The van der Waals surface area contributed by atoms with Gasteiger partial charge in [0.1, 0.15) is 0 Å². The average molecular weight is 318 g/mol. The molecule has 1 unspecified atom stereocenters. The number of hydrogen-bond donors (Lipinski definition) is 1. The molecule has 5 heteroatoms. The van der Waals surface area contributed by atoms with Crippen LogP contribution in [0.15, 0.2) is 12.1 Å². The number of ether oxygens (including phenoxy) is 1. The Bertz CT molecular complexity index is 486. The molecule has 1 fully saturated rings. The summed E-state index contributed by atoms with van der Waals surface area (Å²) in [6.45, 7) is 2.85. The molecule has 1 aliphatic carbocycles. The predicted molar refractivity (Wildman–Crippen MR) is 80.6 cm³/mol. The number of hydrogen-bond acceptors (Lipinski definition) is 2. The van der Waals surface area contributed by atoms with Crippen molar-refractivity contribution in [2.24, 2.45) is 0 Å². The molecule has 1 aromatic carbocycles. The van der Waals surface area contributed by atoms with Crippen molar-refractivity contribution >= 4 is 11.6 Å². The van der Waals surface area contributed by atoms with Gasteiger partial charge in [-0.15, -0.1) is 0 Å². The topological polar surface area (TPSA) is 21.3 Å². The smallest absolute Gasteiger partial charge is 0.160 e. The van der Waals surface area contributed by atoms with Gasteiger partial charge in [-0.2, -0.15) is 0 Å². The van der Waals surface area contributed by atoms with Crippen LogP contribution in [0.25, 0.3) is 0 Å². The summed E-state index contributed by atoms with van der Waals surface area (Å²) in [5.74, 6) is -1.78. The molecule has 0 aliphatic heterocycles. The van der Waals surface area contributed by atoms with Crippen molar-refractivity contribution in [3.8, 4) is 0 Å². The fourth-order valence-corrected chi connectivity index (χ4v) is 3.13. The van der Waals surface area contributed by atoms with Crippen LogP contribution in [0.2, 0.25) is 5.02 Å². The molecule has 2 rings (SSSR count). The van der Waals surface area contributed by atoms with Gasteiger partial charge >= 0.3 is 0 Å². The lowest BCUT2D eigenvalue weighted by Gasteiger charge is -2.43. The van der Waals surface area contributed by atoms with Crippen LogP contribution >= 0.6 is 11.6 Å². The van der Waals surface area contributed by atoms with Gasteiger partial charge in [-0.3, -0.25) is 0 Å². The van der Waals surface area contributed by atoms with Gasteiger partial charge in [0, 0.05) is 18.2 Å². The minimum absolute atomic E-state index is 0.132. The standard InChI is InChI=1S/C16H22ClF2NO/c1-3-7-20-15(10-16(21-2)5-4-6-16)11-8-13(18)14(19)9-12(11)17/h8-9,15,20H,3-7,10H2,1-2H3.